The molecule has 1 heterocycles. The van der Waals surface area contributed by atoms with Gasteiger partial charge in [-0.25, -0.2) is 4.79 Å². The Labute approximate surface area is 175 Å². The van der Waals surface area contributed by atoms with E-state index in [1.165, 1.54) is 14.0 Å². The van der Waals surface area contributed by atoms with Gasteiger partial charge in [0.1, 0.15) is 0 Å². The highest BCUT2D eigenvalue weighted by Gasteiger charge is 2.32. The molecular weight excluding hydrogens is 388 g/mol. The first kappa shape index (κ1) is 20.7. The number of benzene rings is 2. The molecule has 0 saturated heterocycles. The Kier molecular flexibility index (Phi) is 6.09. The molecule has 29 heavy (non-hydrogen) atoms. The first-order valence-corrected chi connectivity index (χ1v) is 9.58. The van der Waals surface area contributed by atoms with Crippen LogP contribution in [0, 0.1) is 6.92 Å². The van der Waals surface area contributed by atoms with Gasteiger partial charge in [-0.3, -0.25) is 4.79 Å². The minimum absolute atomic E-state index is 0.181. The van der Waals surface area contributed by atoms with Gasteiger partial charge in [0.2, 0.25) is 0 Å². The third-order valence-corrected chi connectivity index (χ3v) is 5.29. The van der Waals surface area contributed by atoms with Gasteiger partial charge in [0.15, 0.2) is 5.78 Å². The van der Waals surface area contributed by atoms with Crippen molar-refractivity contribution in [3.8, 4) is 0 Å². The first-order valence-electron chi connectivity index (χ1n) is 9.20. The lowest BCUT2D eigenvalue weighted by Crippen LogP contribution is -2.20. The molecule has 1 unspecified atom stereocenters. The summed E-state index contributed by atoms with van der Waals surface area (Å²) in [6, 6.07) is 16.7. The van der Waals surface area contributed by atoms with E-state index in [4.69, 9.17) is 16.3 Å². The second-order valence-electron chi connectivity index (χ2n) is 6.82. The summed E-state index contributed by atoms with van der Waals surface area (Å²) in [7, 11) is 3.17. The molecule has 0 aliphatic rings. The molecule has 1 N–H and O–H groups in total. The smallest absolute Gasteiger partial charge is 0.340 e. The number of carbonyl (C=O) groups is 2. The lowest BCUT2D eigenvalue weighted by Gasteiger charge is -2.23. The molecule has 3 rings (SSSR count). The van der Waals surface area contributed by atoms with Crippen LogP contribution < -0.4 is 5.32 Å². The summed E-state index contributed by atoms with van der Waals surface area (Å²) in [5.41, 5.74) is 3.81. The second-order valence-corrected chi connectivity index (χ2v) is 7.26. The SMILES string of the molecule is COC(=O)c1c(C(C)=O)c(C)n(C)c1C(Nc1ccccc1)c1ccc(Cl)cc1. The van der Waals surface area contributed by atoms with Crippen molar-refractivity contribution in [3.05, 3.63) is 87.7 Å². The Morgan fingerprint density at radius 3 is 2.21 bits per heavy atom. The van der Waals surface area contributed by atoms with E-state index in [0.29, 0.717) is 22.0 Å². The molecule has 3 aromatic rings. The van der Waals surface area contributed by atoms with Gasteiger partial charge in [-0.15, -0.1) is 0 Å². The Balaban J connectivity index is 2.27. The number of methoxy groups -OCH3 is 1. The van der Waals surface area contributed by atoms with Crippen molar-refractivity contribution >= 4 is 29.0 Å². The first-order chi connectivity index (χ1) is 13.8. The Bertz CT molecular complexity index is 1040. The molecule has 1 atom stereocenters. The van der Waals surface area contributed by atoms with E-state index in [9.17, 15) is 9.59 Å². The summed E-state index contributed by atoms with van der Waals surface area (Å²) in [5, 5.41) is 4.11. The molecular formula is C23H23ClN2O3. The van der Waals surface area contributed by atoms with Crippen LogP contribution in [0.3, 0.4) is 0 Å². The van der Waals surface area contributed by atoms with E-state index in [0.717, 1.165) is 11.3 Å². The van der Waals surface area contributed by atoms with Gasteiger partial charge in [0.05, 0.1) is 30.0 Å². The van der Waals surface area contributed by atoms with Crippen LogP contribution >= 0.6 is 11.6 Å². The van der Waals surface area contributed by atoms with E-state index in [2.05, 4.69) is 5.32 Å². The lowest BCUT2D eigenvalue weighted by atomic mass is 9.97. The fourth-order valence-electron chi connectivity index (χ4n) is 3.57. The zero-order chi connectivity index (χ0) is 21.1. The molecule has 0 bridgehead atoms. The number of anilines is 1. The maximum atomic E-state index is 12.7. The fourth-order valence-corrected chi connectivity index (χ4v) is 3.69. The minimum atomic E-state index is -0.539. The van der Waals surface area contributed by atoms with Gasteiger partial charge in [-0.2, -0.15) is 0 Å². The van der Waals surface area contributed by atoms with E-state index in [1.54, 1.807) is 12.1 Å². The molecule has 0 aliphatic heterocycles. The number of para-hydroxylation sites is 1. The standard InChI is InChI=1S/C23H23ClN2O3/c1-14-19(15(2)27)20(23(28)29-4)22(26(14)3)21(16-10-12-17(24)13-11-16)25-18-8-6-5-7-9-18/h5-13,21,25H,1-4H3. The maximum absolute atomic E-state index is 12.7. The summed E-state index contributed by atoms with van der Waals surface area (Å²) in [6.07, 6.45) is 0. The molecule has 0 aliphatic carbocycles. The Morgan fingerprint density at radius 2 is 1.66 bits per heavy atom. The molecule has 1 aromatic heterocycles. The van der Waals surface area contributed by atoms with Crippen LogP contribution in [0.2, 0.25) is 5.02 Å². The second kappa shape index (κ2) is 8.53. The number of ether oxygens (including phenoxy) is 1. The Hall–Kier alpha value is -3.05. The summed E-state index contributed by atoms with van der Waals surface area (Å²) >= 11 is 6.08. The predicted molar refractivity (Wildman–Crippen MR) is 115 cm³/mol. The summed E-state index contributed by atoms with van der Waals surface area (Å²) < 4.78 is 6.91. The van der Waals surface area contributed by atoms with Crippen molar-refractivity contribution in [1.29, 1.82) is 0 Å². The number of ketones is 1. The van der Waals surface area contributed by atoms with E-state index in [1.807, 2.05) is 61.0 Å². The molecule has 6 heteroatoms. The van der Waals surface area contributed by atoms with Gasteiger partial charge >= 0.3 is 5.97 Å². The molecule has 0 spiro atoms. The minimum Gasteiger partial charge on any atom is -0.465 e. The number of nitrogens with zero attached hydrogens (tertiary/aromatic N) is 1. The topological polar surface area (TPSA) is 60.3 Å². The van der Waals surface area contributed by atoms with E-state index < -0.39 is 12.0 Å². The van der Waals surface area contributed by atoms with Crippen molar-refractivity contribution in [2.45, 2.75) is 19.9 Å². The number of carbonyl (C=O) groups excluding carboxylic acids is 2. The van der Waals surface area contributed by atoms with Crippen molar-refractivity contribution < 1.29 is 14.3 Å². The molecule has 150 valence electrons. The number of Topliss-reactive ketones (excluding diaryl/α,β-unsaturated/α-hetero) is 1. The van der Waals surface area contributed by atoms with Crippen molar-refractivity contribution in [3.63, 3.8) is 0 Å². The maximum Gasteiger partial charge on any atom is 0.340 e. The van der Waals surface area contributed by atoms with Gasteiger partial charge in [-0.1, -0.05) is 41.9 Å². The molecule has 0 saturated carbocycles. The highest BCUT2D eigenvalue weighted by atomic mass is 35.5. The third-order valence-electron chi connectivity index (χ3n) is 5.04. The Morgan fingerprint density at radius 1 is 1.03 bits per heavy atom. The highest BCUT2D eigenvalue weighted by molar-refractivity contribution is 6.30. The largest absolute Gasteiger partial charge is 0.465 e. The molecule has 0 amide bonds. The monoisotopic (exact) mass is 410 g/mol. The lowest BCUT2D eigenvalue weighted by molar-refractivity contribution is 0.0595. The third kappa shape index (κ3) is 4.05. The summed E-state index contributed by atoms with van der Waals surface area (Å²) in [5.74, 6) is -0.720. The van der Waals surface area contributed by atoms with Crippen LogP contribution in [0.4, 0.5) is 5.69 Å². The molecule has 2 aromatic carbocycles. The predicted octanol–water partition coefficient (Wildman–Crippen LogP) is 5.18. The molecule has 0 radical (unpaired) electrons. The summed E-state index contributed by atoms with van der Waals surface area (Å²) in [6.45, 7) is 3.29. The number of hydrogen-bond donors (Lipinski definition) is 1. The van der Waals surface area contributed by atoms with Gasteiger partial charge < -0.3 is 14.6 Å². The van der Waals surface area contributed by atoms with Crippen LogP contribution in [0.1, 0.15) is 50.6 Å². The van der Waals surface area contributed by atoms with Crippen LogP contribution in [0.5, 0.6) is 0 Å². The van der Waals surface area contributed by atoms with E-state index in [-0.39, 0.29) is 11.3 Å². The van der Waals surface area contributed by atoms with Crippen LogP contribution in [0.25, 0.3) is 0 Å². The molecule has 5 nitrogen and oxygen atoms in total. The normalized spacial score (nSPS) is 11.8. The zero-order valence-electron chi connectivity index (χ0n) is 16.8. The number of esters is 1. The van der Waals surface area contributed by atoms with E-state index >= 15 is 0 Å². The number of rotatable bonds is 6. The van der Waals surface area contributed by atoms with Crippen LogP contribution in [0.15, 0.2) is 54.6 Å². The van der Waals surface area contributed by atoms with Crippen molar-refractivity contribution in [2.24, 2.45) is 7.05 Å². The fraction of sp³-hybridized carbons (Fsp3) is 0.217. The number of hydrogen-bond acceptors (Lipinski definition) is 4. The number of nitrogens with one attached hydrogen (secondary N) is 1. The van der Waals surface area contributed by atoms with Crippen LogP contribution in [-0.2, 0) is 11.8 Å². The van der Waals surface area contributed by atoms with Gasteiger partial charge in [0.25, 0.3) is 0 Å². The van der Waals surface area contributed by atoms with Crippen molar-refractivity contribution in [1.82, 2.24) is 4.57 Å². The zero-order valence-corrected chi connectivity index (χ0v) is 17.6. The quantitative estimate of drug-likeness (QED) is 0.449. The average Bonchev–Trinajstić information content (AvgIpc) is 2.98. The van der Waals surface area contributed by atoms with Gasteiger partial charge in [0, 0.05) is 23.5 Å². The summed E-state index contributed by atoms with van der Waals surface area (Å²) in [4.78, 5) is 25.1. The van der Waals surface area contributed by atoms with Crippen LogP contribution in [-0.4, -0.2) is 23.4 Å². The average molecular weight is 411 g/mol. The van der Waals surface area contributed by atoms with Crippen molar-refractivity contribution in [2.75, 3.05) is 12.4 Å². The highest BCUT2D eigenvalue weighted by Crippen LogP contribution is 2.34. The number of halogens is 1. The number of aromatic nitrogens is 1. The van der Waals surface area contributed by atoms with Gasteiger partial charge in [-0.05, 0) is 43.7 Å². The molecule has 0 fully saturated rings.